The Bertz CT molecular complexity index is 615. The fourth-order valence-corrected chi connectivity index (χ4v) is 2.55. The Kier molecular flexibility index (Phi) is 4.13. The van der Waals surface area contributed by atoms with Gasteiger partial charge in [-0.15, -0.1) is 12.4 Å². The second-order valence-corrected chi connectivity index (χ2v) is 6.42. The Balaban J connectivity index is 0.00000161. The summed E-state index contributed by atoms with van der Waals surface area (Å²) in [4.78, 5) is 4.57. The van der Waals surface area contributed by atoms with Gasteiger partial charge in [-0.2, -0.15) is 4.98 Å². The van der Waals surface area contributed by atoms with Crippen LogP contribution < -0.4 is 5.73 Å². The highest BCUT2D eigenvalue weighted by Gasteiger charge is 2.40. The number of halogens is 1. The van der Waals surface area contributed by atoms with E-state index < -0.39 is 0 Å². The molecule has 1 heterocycles. The third kappa shape index (κ3) is 2.70. The molecule has 4 nitrogen and oxygen atoms in total. The van der Waals surface area contributed by atoms with Crippen LogP contribution in [0.25, 0.3) is 0 Å². The van der Waals surface area contributed by atoms with Crippen LogP contribution in [0.3, 0.4) is 0 Å². The van der Waals surface area contributed by atoms with E-state index in [-0.39, 0.29) is 23.4 Å². The molecule has 1 aliphatic carbocycles. The summed E-state index contributed by atoms with van der Waals surface area (Å²) >= 11 is 0. The van der Waals surface area contributed by atoms with E-state index in [9.17, 15) is 0 Å². The van der Waals surface area contributed by atoms with Crippen molar-refractivity contribution in [3.63, 3.8) is 0 Å². The van der Waals surface area contributed by atoms with Crippen molar-refractivity contribution in [1.82, 2.24) is 10.1 Å². The zero-order chi connectivity index (χ0) is 14.4. The number of rotatable bonds is 3. The van der Waals surface area contributed by atoms with Crippen molar-refractivity contribution in [3.8, 4) is 0 Å². The fraction of sp³-hybridized carbons (Fsp3) is 0.500. The van der Waals surface area contributed by atoms with Gasteiger partial charge in [0.05, 0.1) is 11.0 Å². The van der Waals surface area contributed by atoms with E-state index in [1.54, 1.807) is 0 Å². The predicted octanol–water partition coefficient (Wildman–Crippen LogP) is 3.46. The lowest BCUT2D eigenvalue weighted by atomic mass is 9.77. The summed E-state index contributed by atoms with van der Waals surface area (Å²) in [6, 6.07) is 8.43. The summed E-state index contributed by atoms with van der Waals surface area (Å²) in [7, 11) is 0. The van der Waals surface area contributed by atoms with Crippen molar-refractivity contribution in [2.75, 3.05) is 0 Å². The van der Waals surface area contributed by atoms with E-state index >= 15 is 0 Å². The van der Waals surface area contributed by atoms with Gasteiger partial charge in [-0.3, -0.25) is 0 Å². The third-order valence-corrected chi connectivity index (χ3v) is 4.43. The Labute approximate surface area is 131 Å². The molecule has 0 radical (unpaired) electrons. The molecule has 21 heavy (non-hydrogen) atoms. The van der Waals surface area contributed by atoms with Crippen LogP contribution in [-0.4, -0.2) is 10.1 Å². The molecule has 3 rings (SSSR count). The predicted molar refractivity (Wildman–Crippen MR) is 84.6 cm³/mol. The molecule has 114 valence electrons. The molecule has 0 bridgehead atoms. The quantitative estimate of drug-likeness (QED) is 0.943. The number of aryl methyl sites for hydroxylation is 1. The SMILES string of the molecule is Cc1ccc(C(C)(C)c2nc(C3(N)CCC3)no2)cc1.Cl. The first-order chi connectivity index (χ1) is 9.42. The second-order valence-electron chi connectivity index (χ2n) is 6.42. The van der Waals surface area contributed by atoms with E-state index in [1.165, 1.54) is 5.56 Å². The largest absolute Gasteiger partial charge is 0.338 e. The Morgan fingerprint density at radius 3 is 2.33 bits per heavy atom. The molecule has 5 heteroatoms. The van der Waals surface area contributed by atoms with Gasteiger partial charge in [-0.05, 0) is 45.6 Å². The first-order valence-electron chi connectivity index (χ1n) is 7.12. The van der Waals surface area contributed by atoms with E-state index in [0.717, 1.165) is 24.8 Å². The summed E-state index contributed by atoms with van der Waals surface area (Å²) in [5.41, 5.74) is 7.98. The van der Waals surface area contributed by atoms with Gasteiger partial charge in [0.2, 0.25) is 5.89 Å². The lowest BCUT2D eigenvalue weighted by molar-refractivity contribution is 0.228. The molecule has 1 aliphatic rings. The van der Waals surface area contributed by atoms with E-state index in [4.69, 9.17) is 10.3 Å². The lowest BCUT2D eigenvalue weighted by Crippen LogP contribution is -2.44. The van der Waals surface area contributed by atoms with Crippen LogP contribution in [0.15, 0.2) is 28.8 Å². The zero-order valence-corrected chi connectivity index (χ0v) is 13.5. The maximum absolute atomic E-state index is 6.25. The highest BCUT2D eigenvalue weighted by atomic mass is 35.5. The van der Waals surface area contributed by atoms with Gasteiger partial charge in [0, 0.05) is 0 Å². The lowest BCUT2D eigenvalue weighted by Gasteiger charge is -2.34. The molecule has 0 amide bonds. The summed E-state index contributed by atoms with van der Waals surface area (Å²) in [5, 5.41) is 4.11. The van der Waals surface area contributed by atoms with Crippen molar-refractivity contribution in [3.05, 3.63) is 47.1 Å². The van der Waals surface area contributed by atoms with Crippen molar-refractivity contribution in [2.24, 2.45) is 5.73 Å². The van der Waals surface area contributed by atoms with Crippen LogP contribution in [0.4, 0.5) is 0 Å². The molecule has 1 saturated carbocycles. The first kappa shape index (κ1) is 16.0. The van der Waals surface area contributed by atoms with Crippen LogP contribution in [-0.2, 0) is 11.0 Å². The standard InChI is InChI=1S/C16H21N3O.ClH/c1-11-5-7-12(8-6-11)15(2,3)14-18-13(19-20-14)16(17)9-4-10-16;/h5-8H,4,9-10,17H2,1-3H3;1H. The monoisotopic (exact) mass is 307 g/mol. The maximum atomic E-state index is 6.25. The zero-order valence-electron chi connectivity index (χ0n) is 12.7. The van der Waals surface area contributed by atoms with Crippen LogP contribution in [0, 0.1) is 6.92 Å². The van der Waals surface area contributed by atoms with Crippen LogP contribution >= 0.6 is 12.4 Å². The number of benzene rings is 1. The van der Waals surface area contributed by atoms with Crippen molar-refractivity contribution >= 4 is 12.4 Å². The minimum Gasteiger partial charge on any atom is -0.338 e. The smallest absolute Gasteiger partial charge is 0.236 e. The summed E-state index contributed by atoms with van der Waals surface area (Å²) in [6.07, 6.45) is 3.02. The number of nitrogens with two attached hydrogens (primary N) is 1. The van der Waals surface area contributed by atoms with Gasteiger partial charge >= 0.3 is 0 Å². The molecule has 0 aliphatic heterocycles. The van der Waals surface area contributed by atoms with Gasteiger partial charge in [0.25, 0.3) is 0 Å². The molecular formula is C16H22ClN3O. The van der Waals surface area contributed by atoms with E-state index in [2.05, 4.69) is 55.2 Å². The van der Waals surface area contributed by atoms with Crippen LogP contribution in [0.1, 0.15) is 56.0 Å². The Hall–Kier alpha value is -1.39. The van der Waals surface area contributed by atoms with Gasteiger partial charge in [-0.1, -0.05) is 35.0 Å². The summed E-state index contributed by atoms with van der Waals surface area (Å²) in [5.74, 6) is 1.28. The third-order valence-electron chi connectivity index (χ3n) is 4.43. The minimum absolute atomic E-state index is 0. The number of hydrogen-bond acceptors (Lipinski definition) is 4. The highest BCUT2D eigenvalue weighted by Crippen LogP contribution is 2.38. The first-order valence-corrected chi connectivity index (χ1v) is 7.12. The van der Waals surface area contributed by atoms with Gasteiger partial charge in [-0.25, -0.2) is 0 Å². The van der Waals surface area contributed by atoms with Gasteiger partial charge < -0.3 is 10.3 Å². The Morgan fingerprint density at radius 2 is 1.81 bits per heavy atom. The number of hydrogen-bond donors (Lipinski definition) is 1. The molecular weight excluding hydrogens is 286 g/mol. The number of nitrogens with zero attached hydrogens (tertiary/aromatic N) is 2. The molecule has 1 aromatic carbocycles. The molecule has 2 N–H and O–H groups in total. The molecule has 2 aromatic rings. The molecule has 0 saturated heterocycles. The second kappa shape index (κ2) is 5.43. The van der Waals surface area contributed by atoms with Crippen molar-refractivity contribution in [2.45, 2.75) is 51.0 Å². The van der Waals surface area contributed by atoms with Crippen molar-refractivity contribution in [1.29, 1.82) is 0 Å². The maximum Gasteiger partial charge on any atom is 0.236 e. The molecule has 0 spiro atoms. The molecule has 0 atom stereocenters. The molecule has 0 unspecified atom stereocenters. The topological polar surface area (TPSA) is 64.9 Å². The van der Waals surface area contributed by atoms with Crippen LogP contribution in [0.2, 0.25) is 0 Å². The summed E-state index contributed by atoms with van der Waals surface area (Å²) < 4.78 is 5.50. The average molecular weight is 308 g/mol. The van der Waals surface area contributed by atoms with E-state index in [0.29, 0.717) is 11.7 Å². The highest BCUT2D eigenvalue weighted by molar-refractivity contribution is 5.85. The number of aromatic nitrogens is 2. The molecule has 1 fully saturated rings. The molecule has 1 aromatic heterocycles. The fourth-order valence-electron chi connectivity index (χ4n) is 2.55. The van der Waals surface area contributed by atoms with Crippen molar-refractivity contribution < 1.29 is 4.52 Å². The summed E-state index contributed by atoms with van der Waals surface area (Å²) in [6.45, 7) is 6.27. The van der Waals surface area contributed by atoms with Gasteiger partial charge in [0.1, 0.15) is 0 Å². The normalized spacial score (nSPS) is 17.0. The minimum atomic E-state index is -0.370. The van der Waals surface area contributed by atoms with Gasteiger partial charge in [0.15, 0.2) is 5.82 Å². The van der Waals surface area contributed by atoms with Crippen LogP contribution in [0.5, 0.6) is 0 Å². The Morgan fingerprint density at radius 1 is 1.19 bits per heavy atom. The average Bonchev–Trinajstić information content (AvgIpc) is 2.87. The van der Waals surface area contributed by atoms with E-state index in [1.807, 2.05) is 0 Å².